The van der Waals surface area contributed by atoms with Crippen LogP contribution in [0, 0.1) is 6.92 Å². The molecule has 1 aliphatic carbocycles. The van der Waals surface area contributed by atoms with Crippen LogP contribution in [-0.2, 0) is 12.8 Å². The molecule has 1 aliphatic rings. The van der Waals surface area contributed by atoms with Crippen molar-refractivity contribution in [2.24, 2.45) is 0 Å². The van der Waals surface area contributed by atoms with Crippen LogP contribution in [0.2, 0.25) is 0 Å². The Balaban J connectivity index is 1.48. The number of aromatic nitrogens is 2. The minimum absolute atomic E-state index is 0.124. The number of fused-ring (bicyclic) bond motifs is 1. The predicted octanol–water partition coefficient (Wildman–Crippen LogP) is 3.95. The van der Waals surface area contributed by atoms with Crippen molar-refractivity contribution in [1.29, 1.82) is 0 Å². The molecule has 0 saturated carbocycles. The molecule has 1 N–H and O–H groups in total. The van der Waals surface area contributed by atoms with E-state index in [0.717, 1.165) is 24.3 Å². The molecular weight excluding hydrogens is 326 g/mol. The zero-order valence-electron chi connectivity index (χ0n) is 14.7. The molecular formula is C21H21N3O2. The lowest BCUT2D eigenvalue weighted by atomic mass is 9.82. The maximum Gasteiger partial charge on any atom is 0.222 e. The third kappa shape index (κ3) is 3.52. The number of furan rings is 1. The number of carbonyl (C=O) groups is 1. The smallest absolute Gasteiger partial charge is 0.222 e. The number of nitrogens with zero attached hydrogens (tertiary/aromatic N) is 2. The summed E-state index contributed by atoms with van der Waals surface area (Å²) in [5.41, 5.74) is 3.91. The Bertz CT molecular complexity index is 902. The van der Waals surface area contributed by atoms with Crippen LogP contribution in [0.15, 0.2) is 53.3 Å². The number of aryl methyl sites for hydroxylation is 1. The van der Waals surface area contributed by atoms with Gasteiger partial charge in [-0.25, -0.2) is 9.97 Å². The lowest BCUT2D eigenvalue weighted by Crippen LogP contribution is -2.21. The summed E-state index contributed by atoms with van der Waals surface area (Å²) in [6.07, 6.45) is 5.37. The number of hydrogen-bond acceptors (Lipinski definition) is 5. The number of ketones is 1. The maximum atomic E-state index is 12.5. The molecule has 0 spiro atoms. The van der Waals surface area contributed by atoms with E-state index in [1.165, 1.54) is 11.1 Å². The van der Waals surface area contributed by atoms with Gasteiger partial charge in [0, 0.05) is 25.6 Å². The average molecular weight is 347 g/mol. The molecule has 0 amide bonds. The molecule has 1 aromatic carbocycles. The van der Waals surface area contributed by atoms with E-state index in [4.69, 9.17) is 4.42 Å². The van der Waals surface area contributed by atoms with Gasteiger partial charge < -0.3 is 9.73 Å². The van der Waals surface area contributed by atoms with Crippen LogP contribution in [0.4, 0.5) is 5.95 Å². The molecule has 132 valence electrons. The summed E-state index contributed by atoms with van der Waals surface area (Å²) in [6, 6.07) is 12.2. The third-order valence-electron chi connectivity index (χ3n) is 4.82. The summed E-state index contributed by atoms with van der Waals surface area (Å²) < 4.78 is 5.32. The fraction of sp³-hybridized carbons (Fsp3) is 0.286. The Labute approximate surface area is 152 Å². The molecule has 3 aromatic rings. The van der Waals surface area contributed by atoms with E-state index < -0.39 is 0 Å². The number of anilines is 1. The minimum atomic E-state index is 0.124. The third-order valence-corrected chi connectivity index (χ3v) is 4.82. The first-order chi connectivity index (χ1) is 12.7. The molecule has 5 heteroatoms. The summed E-state index contributed by atoms with van der Waals surface area (Å²) >= 11 is 0. The normalized spacial score (nSPS) is 16.3. The largest absolute Gasteiger partial charge is 0.469 e. The van der Waals surface area contributed by atoms with Crippen LogP contribution < -0.4 is 5.32 Å². The Hall–Kier alpha value is -2.95. The van der Waals surface area contributed by atoms with E-state index in [9.17, 15) is 4.79 Å². The van der Waals surface area contributed by atoms with Crippen molar-refractivity contribution in [3.05, 3.63) is 77.0 Å². The van der Waals surface area contributed by atoms with Crippen LogP contribution in [0.1, 0.15) is 45.3 Å². The molecule has 0 bridgehead atoms. The summed E-state index contributed by atoms with van der Waals surface area (Å²) in [6.45, 7) is 2.75. The quantitative estimate of drug-likeness (QED) is 0.757. The molecule has 0 aliphatic heterocycles. The first-order valence-corrected chi connectivity index (χ1v) is 8.91. The number of Topliss-reactive ketones (excluding diaryl/α,β-unsaturated/α-hetero) is 1. The fourth-order valence-electron chi connectivity index (χ4n) is 3.36. The van der Waals surface area contributed by atoms with Crippen LogP contribution in [-0.4, -0.2) is 22.3 Å². The van der Waals surface area contributed by atoms with Crippen LogP contribution in [0.3, 0.4) is 0 Å². The van der Waals surface area contributed by atoms with Gasteiger partial charge >= 0.3 is 0 Å². The molecule has 4 rings (SSSR count). The van der Waals surface area contributed by atoms with Gasteiger partial charge in [0.05, 0.1) is 17.5 Å². The summed E-state index contributed by atoms with van der Waals surface area (Å²) in [7, 11) is 0. The van der Waals surface area contributed by atoms with Crippen LogP contribution in [0.25, 0.3) is 0 Å². The van der Waals surface area contributed by atoms with Crippen molar-refractivity contribution < 1.29 is 9.21 Å². The van der Waals surface area contributed by atoms with Crippen LogP contribution in [0.5, 0.6) is 0 Å². The van der Waals surface area contributed by atoms with Gasteiger partial charge in [-0.2, -0.15) is 0 Å². The number of hydrogen-bond donors (Lipinski definition) is 1. The van der Waals surface area contributed by atoms with Gasteiger partial charge in [-0.05, 0) is 37.0 Å². The first kappa shape index (κ1) is 16.5. The van der Waals surface area contributed by atoms with Gasteiger partial charge in [0.1, 0.15) is 5.76 Å². The van der Waals surface area contributed by atoms with E-state index in [0.29, 0.717) is 24.5 Å². The lowest BCUT2D eigenvalue weighted by molar-refractivity contribution is 0.0962. The number of rotatable bonds is 5. The van der Waals surface area contributed by atoms with Crippen molar-refractivity contribution in [3.8, 4) is 0 Å². The van der Waals surface area contributed by atoms with E-state index in [1.807, 2.05) is 12.1 Å². The predicted molar refractivity (Wildman–Crippen MR) is 99.5 cm³/mol. The second-order valence-corrected chi connectivity index (χ2v) is 6.75. The van der Waals surface area contributed by atoms with Gasteiger partial charge in [0.25, 0.3) is 0 Å². The molecule has 0 saturated heterocycles. The second kappa shape index (κ2) is 7.12. The highest BCUT2D eigenvalue weighted by Crippen LogP contribution is 2.32. The summed E-state index contributed by atoms with van der Waals surface area (Å²) in [5, 5.41) is 3.22. The molecule has 2 heterocycles. The molecule has 0 radical (unpaired) electrons. The Kier molecular flexibility index (Phi) is 4.52. The van der Waals surface area contributed by atoms with E-state index in [1.54, 1.807) is 12.5 Å². The number of carbonyl (C=O) groups excluding carboxylic acids is 1. The molecule has 1 atom stereocenters. The Morgan fingerprint density at radius 3 is 2.81 bits per heavy atom. The standard InChI is InChI=1S/C21H21N3O2/c1-14-4-6-15(7-5-14)16-11-19-18(20(25)12-16)13-23-21(24-19)22-9-8-17-3-2-10-26-17/h2-7,10,13,16H,8-9,11-12H2,1H3,(H,22,23,24)/t16-/m0/s1. The number of benzene rings is 1. The van der Waals surface area contributed by atoms with Gasteiger partial charge in [-0.15, -0.1) is 0 Å². The van der Waals surface area contributed by atoms with E-state index in [-0.39, 0.29) is 11.7 Å². The van der Waals surface area contributed by atoms with Crippen molar-refractivity contribution in [3.63, 3.8) is 0 Å². The van der Waals surface area contributed by atoms with Gasteiger partial charge in [-0.3, -0.25) is 4.79 Å². The van der Waals surface area contributed by atoms with E-state index in [2.05, 4.69) is 46.5 Å². The van der Waals surface area contributed by atoms with E-state index >= 15 is 0 Å². The SMILES string of the molecule is Cc1ccc([C@@H]2CC(=O)c3cnc(NCCc4ccco4)nc3C2)cc1. The molecule has 0 fully saturated rings. The molecule has 26 heavy (non-hydrogen) atoms. The molecule has 5 nitrogen and oxygen atoms in total. The monoisotopic (exact) mass is 347 g/mol. The maximum absolute atomic E-state index is 12.5. The summed E-state index contributed by atoms with van der Waals surface area (Å²) in [5.74, 6) is 1.79. The minimum Gasteiger partial charge on any atom is -0.469 e. The topological polar surface area (TPSA) is 68.0 Å². The zero-order valence-corrected chi connectivity index (χ0v) is 14.7. The van der Waals surface area contributed by atoms with Crippen molar-refractivity contribution in [2.45, 2.75) is 32.1 Å². The zero-order chi connectivity index (χ0) is 17.9. The fourth-order valence-corrected chi connectivity index (χ4v) is 3.36. The Morgan fingerprint density at radius 2 is 2.04 bits per heavy atom. The Morgan fingerprint density at radius 1 is 1.19 bits per heavy atom. The van der Waals surface area contributed by atoms with Crippen molar-refractivity contribution >= 4 is 11.7 Å². The lowest BCUT2D eigenvalue weighted by Gasteiger charge is -2.23. The van der Waals surface area contributed by atoms with Gasteiger partial charge in [-0.1, -0.05) is 29.8 Å². The first-order valence-electron chi connectivity index (χ1n) is 8.91. The number of nitrogens with one attached hydrogen (secondary N) is 1. The highest BCUT2D eigenvalue weighted by Gasteiger charge is 2.28. The molecule has 0 unspecified atom stereocenters. The van der Waals surface area contributed by atoms with Crippen molar-refractivity contribution in [2.75, 3.05) is 11.9 Å². The van der Waals surface area contributed by atoms with Crippen LogP contribution >= 0.6 is 0 Å². The average Bonchev–Trinajstić information content (AvgIpc) is 3.15. The van der Waals surface area contributed by atoms with Crippen molar-refractivity contribution in [1.82, 2.24) is 9.97 Å². The highest BCUT2D eigenvalue weighted by molar-refractivity contribution is 5.98. The summed E-state index contributed by atoms with van der Waals surface area (Å²) in [4.78, 5) is 21.4. The van der Waals surface area contributed by atoms with Gasteiger partial charge in [0.2, 0.25) is 5.95 Å². The second-order valence-electron chi connectivity index (χ2n) is 6.75. The van der Waals surface area contributed by atoms with Gasteiger partial charge in [0.15, 0.2) is 5.78 Å². The molecule has 2 aromatic heterocycles. The highest BCUT2D eigenvalue weighted by atomic mass is 16.3.